The lowest BCUT2D eigenvalue weighted by Crippen LogP contribution is -2.13. The van der Waals surface area contributed by atoms with Gasteiger partial charge in [-0.25, -0.2) is 4.79 Å². The predicted molar refractivity (Wildman–Crippen MR) is 76.6 cm³/mol. The number of ether oxygens (including phenoxy) is 1. The summed E-state index contributed by atoms with van der Waals surface area (Å²) in [6.45, 7) is 2.73. The van der Waals surface area contributed by atoms with Gasteiger partial charge in [0.05, 0.1) is 7.11 Å². The maximum atomic E-state index is 11.0. The second-order valence-electron chi connectivity index (χ2n) is 4.20. The summed E-state index contributed by atoms with van der Waals surface area (Å²) in [6.07, 6.45) is -0.570. The number of aryl methyl sites for hydroxylation is 1. The molecule has 0 unspecified atom stereocenters. The summed E-state index contributed by atoms with van der Waals surface area (Å²) in [5, 5.41) is 13.5. The molecule has 1 aromatic carbocycles. The van der Waals surface area contributed by atoms with E-state index in [0.717, 1.165) is 0 Å². The van der Waals surface area contributed by atoms with Crippen LogP contribution in [0.4, 0.5) is 16.4 Å². The molecule has 0 fully saturated rings. The Morgan fingerprint density at radius 1 is 1.15 bits per heavy atom. The molecule has 2 aromatic rings. The van der Waals surface area contributed by atoms with E-state index in [1.165, 1.54) is 18.2 Å². The maximum Gasteiger partial charge on any atom is 0.412 e. The first-order chi connectivity index (χ1) is 9.69. The number of carbonyl (C=O) groups excluding carboxylic acids is 1. The summed E-state index contributed by atoms with van der Waals surface area (Å²) in [6, 6.07) is 11.5. The summed E-state index contributed by atoms with van der Waals surface area (Å²) in [7, 11) is 1.29. The zero-order chi connectivity index (χ0) is 14.4. The molecule has 0 bridgehead atoms. The van der Waals surface area contributed by atoms with E-state index in [9.17, 15) is 4.79 Å². The first-order valence-corrected chi connectivity index (χ1v) is 6.16. The summed E-state index contributed by atoms with van der Waals surface area (Å²) >= 11 is 0. The highest BCUT2D eigenvalue weighted by Gasteiger charge is 2.03. The van der Waals surface area contributed by atoms with Crippen molar-refractivity contribution in [1.29, 1.82) is 0 Å². The number of nitrogens with one attached hydrogen (secondary N) is 2. The zero-order valence-electron chi connectivity index (χ0n) is 11.4. The Morgan fingerprint density at radius 3 is 2.50 bits per heavy atom. The molecule has 20 heavy (non-hydrogen) atoms. The van der Waals surface area contributed by atoms with Crippen LogP contribution in [-0.2, 0) is 11.3 Å². The molecule has 6 heteroatoms. The van der Waals surface area contributed by atoms with E-state index in [0.29, 0.717) is 18.2 Å². The molecule has 0 aliphatic carbocycles. The van der Waals surface area contributed by atoms with Crippen LogP contribution in [0.5, 0.6) is 0 Å². The van der Waals surface area contributed by atoms with Crippen LogP contribution in [0, 0.1) is 6.92 Å². The molecule has 0 saturated carbocycles. The fourth-order valence-electron chi connectivity index (χ4n) is 1.64. The number of amides is 1. The molecule has 6 nitrogen and oxygen atoms in total. The number of methoxy groups -OCH3 is 1. The van der Waals surface area contributed by atoms with Gasteiger partial charge in [-0.1, -0.05) is 24.3 Å². The molecule has 1 heterocycles. The maximum absolute atomic E-state index is 11.0. The van der Waals surface area contributed by atoms with Gasteiger partial charge in [0.2, 0.25) is 0 Å². The van der Waals surface area contributed by atoms with Crippen LogP contribution in [0.2, 0.25) is 0 Å². The summed E-state index contributed by atoms with van der Waals surface area (Å²) < 4.78 is 4.47. The Balaban J connectivity index is 1.94. The summed E-state index contributed by atoms with van der Waals surface area (Å²) in [5.41, 5.74) is 2.42. The number of nitrogens with zero attached hydrogens (tertiary/aromatic N) is 2. The number of anilines is 2. The van der Waals surface area contributed by atoms with Gasteiger partial charge in [0, 0.05) is 6.54 Å². The zero-order valence-corrected chi connectivity index (χ0v) is 11.4. The first-order valence-electron chi connectivity index (χ1n) is 6.16. The van der Waals surface area contributed by atoms with Crippen LogP contribution in [0.1, 0.15) is 11.1 Å². The lowest BCUT2D eigenvalue weighted by atomic mass is 10.1. The second kappa shape index (κ2) is 6.51. The molecule has 0 aliphatic heterocycles. The molecule has 0 radical (unpaired) electrons. The minimum absolute atomic E-state index is 0.346. The van der Waals surface area contributed by atoms with Crippen LogP contribution in [0.25, 0.3) is 0 Å². The number of aromatic nitrogens is 2. The molecule has 0 atom stereocenters. The highest BCUT2D eigenvalue weighted by molar-refractivity contribution is 5.83. The highest BCUT2D eigenvalue weighted by Crippen LogP contribution is 2.11. The number of hydrogen-bond donors (Lipinski definition) is 2. The summed E-state index contributed by atoms with van der Waals surface area (Å²) in [4.78, 5) is 11.0. The average molecular weight is 272 g/mol. The Labute approximate surface area is 117 Å². The van der Waals surface area contributed by atoms with Gasteiger partial charge in [0.25, 0.3) is 0 Å². The third-order valence-corrected chi connectivity index (χ3v) is 2.80. The molecule has 0 spiro atoms. The van der Waals surface area contributed by atoms with Gasteiger partial charge in [-0.05, 0) is 30.2 Å². The molecule has 1 amide bonds. The van der Waals surface area contributed by atoms with Gasteiger partial charge < -0.3 is 10.1 Å². The lowest BCUT2D eigenvalue weighted by Gasteiger charge is -2.08. The standard InChI is InChI=1S/C14H16N4O2/c1-10-5-3-4-6-11(10)9-15-12-7-8-13(18-17-12)16-14(19)20-2/h3-8H,9H2,1-2H3,(H,15,17)(H,16,18,19). The predicted octanol–water partition coefficient (Wildman–Crippen LogP) is 2.58. The smallest absolute Gasteiger partial charge is 0.412 e. The average Bonchev–Trinajstić information content (AvgIpc) is 2.48. The molecule has 104 valence electrons. The van der Waals surface area contributed by atoms with E-state index in [-0.39, 0.29) is 0 Å². The van der Waals surface area contributed by atoms with Crippen molar-refractivity contribution in [3.05, 3.63) is 47.5 Å². The SMILES string of the molecule is COC(=O)Nc1ccc(NCc2ccccc2C)nn1. The van der Waals surface area contributed by atoms with E-state index < -0.39 is 6.09 Å². The Kier molecular flexibility index (Phi) is 4.49. The first kappa shape index (κ1) is 13.8. The van der Waals surface area contributed by atoms with Crippen molar-refractivity contribution in [2.75, 3.05) is 17.7 Å². The van der Waals surface area contributed by atoms with Crippen LogP contribution < -0.4 is 10.6 Å². The van der Waals surface area contributed by atoms with Crippen molar-refractivity contribution in [2.45, 2.75) is 13.5 Å². The van der Waals surface area contributed by atoms with Crippen molar-refractivity contribution >= 4 is 17.7 Å². The van der Waals surface area contributed by atoms with E-state index in [1.807, 2.05) is 12.1 Å². The number of hydrogen-bond acceptors (Lipinski definition) is 5. The molecule has 2 rings (SSSR count). The van der Waals surface area contributed by atoms with Crippen molar-refractivity contribution in [1.82, 2.24) is 10.2 Å². The third-order valence-electron chi connectivity index (χ3n) is 2.80. The molecular formula is C14H16N4O2. The molecule has 0 saturated heterocycles. The van der Waals surface area contributed by atoms with Crippen molar-refractivity contribution in [2.24, 2.45) is 0 Å². The Hall–Kier alpha value is -2.63. The minimum atomic E-state index is -0.570. The molecular weight excluding hydrogens is 256 g/mol. The van der Waals surface area contributed by atoms with E-state index in [1.54, 1.807) is 12.1 Å². The Morgan fingerprint density at radius 2 is 1.85 bits per heavy atom. The number of benzene rings is 1. The van der Waals surface area contributed by atoms with Crippen molar-refractivity contribution < 1.29 is 9.53 Å². The van der Waals surface area contributed by atoms with E-state index in [2.05, 4.69) is 44.6 Å². The van der Waals surface area contributed by atoms with Gasteiger partial charge in [0.1, 0.15) is 5.82 Å². The number of carbonyl (C=O) groups is 1. The van der Waals surface area contributed by atoms with Gasteiger partial charge >= 0.3 is 6.09 Å². The van der Waals surface area contributed by atoms with Crippen LogP contribution in [0.3, 0.4) is 0 Å². The van der Waals surface area contributed by atoms with Gasteiger partial charge in [0.15, 0.2) is 5.82 Å². The minimum Gasteiger partial charge on any atom is -0.453 e. The van der Waals surface area contributed by atoms with E-state index in [4.69, 9.17) is 0 Å². The lowest BCUT2D eigenvalue weighted by molar-refractivity contribution is 0.187. The van der Waals surface area contributed by atoms with Crippen LogP contribution >= 0.6 is 0 Å². The normalized spacial score (nSPS) is 9.90. The van der Waals surface area contributed by atoms with Gasteiger partial charge in [-0.15, -0.1) is 10.2 Å². The molecule has 1 aromatic heterocycles. The Bertz CT molecular complexity index is 584. The van der Waals surface area contributed by atoms with Crippen molar-refractivity contribution in [3.8, 4) is 0 Å². The molecule has 0 aliphatic rings. The largest absolute Gasteiger partial charge is 0.453 e. The van der Waals surface area contributed by atoms with Crippen LogP contribution in [-0.4, -0.2) is 23.4 Å². The topological polar surface area (TPSA) is 76.1 Å². The monoisotopic (exact) mass is 272 g/mol. The summed E-state index contributed by atoms with van der Waals surface area (Å²) in [5.74, 6) is 0.988. The van der Waals surface area contributed by atoms with Crippen LogP contribution in [0.15, 0.2) is 36.4 Å². The van der Waals surface area contributed by atoms with Gasteiger partial charge in [-0.2, -0.15) is 0 Å². The fraction of sp³-hybridized carbons (Fsp3) is 0.214. The molecule has 2 N–H and O–H groups in total. The quantitative estimate of drug-likeness (QED) is 0.894. The third kappa shape index (κ3) is 3.68. The second-order valence-corrected chi connectivity index (χ2v) is 4.20. The van der Waals surface area contributed by atoms with Crippen molar-refractivity contribution in [3.63, 3.8) is 0 Å². The highest BCUT2D eigenvalue weighted by atomic mass is 16.5. The number of rotatable bonds is 4. The van der Waals surface area contributed by atoms with Gasteiger partial charge in [-0.3, -0.25) is 5.32 Å². The van der Waals surface area contributed by atoms with E-state index >= 15 is 0 Å². The fourth-order valence-corrected chi connectivity index (χ4v) is 1.64.